The minimum Gasteiger partial charge on any atom is -0.336 e. The summed E-state index contributed by atoms with van der Waals surface area (Å²) in [6, 6.07) is 25.6. The quantitative estimate of drug-likeness (QED) is 0.161. The zero-order valence-electron chi connectivity index (χ0n) is 27.1. The number of hydrogen-bond donors (Lipinski definition) is 2. The van der Waals surface area contributed by atoms with E-state index in [1.54, 1.807) is 26.0 Å². The van der Waals surface area contributed by atoms with E-state index in [0.717, 1.165) is 32.7 Å². The molecule has 4 aromatic carbocycles. The van der Waals surface area contributed by atoms with Crippen LogP contribution < -0.4 is 9.44 Å². The van der Waals surface area contributed by atoms with E-state index in [0.29, 0.717) is 70.2 Å². The average molecular weight is 790 g/mol. The van der Waals surface area contributed by atoms with E-state index in [4.69, 9.17) is 23.2 Å². The molecule has 16 heteroatoms. The van der Waals surface area contributed by atoms with Crippen LogP contribution in [0.5, 0.6) is 0 Å². The number of sulfonamides is 2. The number of halogens is 2. The van der Waals surface area contributed by atoms with Gasteiger partial charge in [-0.05, 0) is 60.4 Å². The molecule has 10 nitrogen and oxygen atoms in total. The van der Waals surface area contributed by atoms with Gasteiger partial charge >= 0.3 is 0 Å². The highest BCUT2D eigenvalue weighted by Gasteiger charge is 2.29. The molecule has 2 heterocycles. The van der Waals surface area contributed by atoms with Crippen LogP contribution in [0, 0.1) is 13.8 Å². The summed E-state index contributed by atoms with van der Waals surface area (Å²) in [5.74, 6) is 0.511. The predicted octanol–water partition coefficient (Wildman–Crippen LogP) is 6.71. The number of guanidine groups is 2. The Kier molecular flexibility index (Phi) is 11.3. The van der Waals surface area contributed by atoms with Crippen molar-refractivity contribution in [3.63, 3.8) is 0 Å². The first-order chi connectivity index (χ1) is 23.9. The van der Waals surface area contributed by atoms with Gasteiger partial charge in [0.25, 0.3) is 20.0 Å². The molecular formula is C34H34Cl2N6O4S4. The molecule has 50 heavy (non-hydrogen) atoms. The van der Waals surface area contributed by atoms with Crippen LogP contribution in [-0.4, -0.2) is 64.7 Å². The Morgan fingerprint density at radius 2 is 1.02 bits per heavy atom. The molecule has 0 amide bonds. The topological polar surface area (TPSA) is 124 Å². The van der Waals surface area contributed by atoms with Crippen LogP contribution in [0.25, 0.3) is 0 Å². The van der Waals surface area contributed by atoms with Gasteiger partial charge in [0.2, 0.25) is 11.9 Å². The summed E-state index contributed by atoms with van der Waals surface area (Å²) in [4.78, 5) is 13.2. The zero-order chi connectivity index (χ0) is 35.5. The fraction of sp³-hybridized carbons (Fsp3) is 0.235. The fourth-order valence-electron chi connectivity index (χ4n) is 5.34. The Morgan fingerprint density at radius 3 is 1.40 bits per heavy atom. The SMILES string of the molecule is Cc1cc(S(=O)(=O)NC2=NCCN2Cc2ccccc2)c(SSc2cc(Cl)c(C)cc2S(=O)(=O)NC2=NCCN2Cc2ccccc2)cc1Cl. The average Bonchev–Trinajstić information content (AvgIpc) is 3.71. The van der Waals surface area contributed by atoms with E-state index in [1.165, 1.54) is 12.1 Å². The lowest BCUT2D eigenvalue weighted by Gasteiger charge is -2.22. The first-order valence-corrected chi connectivity index (χ1v) is 21.4. The molecule has 2 aliphatic heterocycles. The van der Waals surface area contributed by atoms with E-state index in [2.05, 4.69) is 19.4 Å². The first kappa shape index (κ1) is 36.4. The Bertz CT molecular complexity index is 2020. The Hall–Kier alpha value is -3.40. The third kappa shape index (κ3) is 8.55. The van der Waals surface area contributed by atoms with Crippen LogP contribution in [0.15, 0.2) is 114 Å². The van der Waals surface area contributed by atoms with Crippen LogP contribution in [0.4, 0.5) is 0 Å². The van der Waals surface area contributed by atoms with E-state index in [9.17, 15) is 16.8 Å². The smallest absolute Gasteiger partial charge is 0.265 e. The fourth-order valence-corrected chi connectivity index (χ4v) is 11.6. The Morgan fingerprint density at radius 1 is 0.640 bits per heavy atom. The summed E-state index contributed by atoms with van der Waals surface area (Å²) < 4.78 is 61.1. The number of hydrogen-bond acceptors (Lipinski definition) is 10. The molecule has 0 saturated heterocycles. The second-order valence-corrected chi connectivity index (χ2v) is 18.0. The number of rotatable bonds is 11. The van der Waals surface area contributed by atoms with E-state index in [1.807, 2.05) is 70.5 Å². The Labute approximate surface area is 310 Å². The molecular weight excluding hydrogens is 756 g/mol. The summed E-state index contributed by atoms with van der Waals surface area (Å²) >= 11 is 13.0. The second kappa shape index (κ2) is 15.5. The van der Waals surface area contributed by atoms with Crippen LogP contribution in [0.2, 0.25) is 10.0 Å². The maximum Gasteiger partial charge on any atom is 0.265 e. The van der Waals surface area contributed by atoms with Gasteiger partial charge in [0, 0.05) is 46.0 Å². The lowest BCUT2D eigenvalue weighted by Crippen LogP contribution is -2.41. The molecule has 4 aromatic rings. The monoisotopic (exact) mass is 788 g/mol. The highest BCUT2D eigenvalue weighted by molar-refractivity contribution is 8.76. The first-order valence-electron chi connectivity index (χ1n) is 15.6. The van der Waals surface area contributed by atoms with Crippen molar-refractivity contribution in [3.8, 4) is 0 Å². The lowest BCUT2D eigenvalue weighted by atomic mass is 10.2. The van der Waals surface area contributed by atoms with Crippen molar-refractivity contribution in [1.82, 2.24) is 19.2 Å². The molecule has 0 unspecified atom stereocenters. The Balaban J connectivity index is 1.24. The maximum absolute atomic E-state index is 13.9. The minimum atomic E-state index is -4.14. The molecule has 2 aliphatic rings. The molecule has 0 saturated carbocycles. The van der Waals surface area contributed by atoms with Gasteiger partial charge in [0.05, 0.1) is 13.1 Å². The molecule has 0 atom stereocenters. The molecule has 6 rings (SSSR count). The molecule has 0 radical (unpaired) electrons. The molecule has 2 N–H and O–H groups in total. The van der Waals surface area contributed by atoms with E-state index >= 15 is 0 Å². The molecule has 0 aromatic heterocycles. The summed E-state index contributed by atoms with van der Waals surface area (Å²) in [6.07, 6.45) is 0. The number of aliphatic imine (C=N–C) groups is 2. The van der Waals surface area contributed by atoms with Gasteiger partial charge in [0.1, 0.15) is 9.79 Å². The van der Waals surface area contributed by atoms with Crippen LogP contribution in [0.1, 0.15) is 22.3 Å². The second-order valence-electron chi connectivity index (χ2n) is 11.7. The normalized spacial score (nSPS) is 14.9. The lowest BCUT2D eigenvalue weighted by molar-refractivity contribution is 0.443. The van der Waals surface area contributed by atoms with Crippen molar-refractivity contribution < 1.29 is 16.8 Å². The molecule has 0 fully saturated rings. The largest absolute Gasteiger partial charge is 0.336 e. The van der Waals surface area contributed by atoms with Gasteiger partial charge in [-0.2, -0.15) is 0 Å². The van der Waals surface area contributed by atoms with E-state index in [-0.39, 0.29) is 21.7 Å². The highest BCUT2D eigenvalue weighted by Crippen LogP contribution is 2.45. The number of nitrogens with one attached hydrogen (secondary N) is 2. The summed E-state index contributed by atoms with van der Waals surface area (Å²) in [6.45, 7) is 6.49. The maximum atomic E-state index is 13.9. The minimum absolute atomic E-state index is 0.0104. The molecule has 0 bridgehead atoms. The van der Waals surface area contributed by atoms with E-state index < -0.39 is 20.0 Å². The third-order valence-electron chi connectivity index (χ3n) is 8.00. The molecule has 0 aliphatic carbocycles. The standard InChI is InChI=1S/C34H34Cl2N6O4S4/c1-23-17-31(49(43,44)39-33-37-13-15-41(33)21-25-9-5-3-6-10-25)29(19-27(23)35)47-48-30-20-28(36)24(2)18-32(30)50(45,46)40-34-38-14-16-42(34)22-26-11-7-4-8-12-26/h3-12,17-20H,13-16,21-22H2,1-2H3,(H,37,39)(H,38,40). The number of aryl methyl sites for hydroxylation is 2. The predicted molar refractivity (Wildman–Crippen MR) is 203 cm³/mol. The van der Waals surface area contributed by atoms with Crippen molar-refractivity contribution in [2.24, 2.45) is 9.98 Å². The van der Waals surface area contributed by atoms with Crippen molar-refractivity contribution >= 4 is 76.8 Å². The van der Waals surface area contributed by atoms with Gasteiger partial charge in [-0.1, -0.05) is 105 Å². The summed E-state index contributed by atoms with van der Waals surface area (Å²) in [7, 11) is -6.14. The molecule has 262 valence electrons. The van der Waals surface area contributed by atoms with Crippen LogP contribution >= 0.6 is 44.8 Å². The molecule has 0 spiro atoms. The van der Waals surface area contributed by atoms with Crippen LogP contribution in [0.3, 0.4) is 0 Å². The van der Waals surface area contributed by atoms with Gasteiger partial charge in [-0.25, -0.2) is 26.3 Å². The van der Waals surface area contributed by atoms with Crippen LogP contribution in [-0.2, 0) is 33.1 Å². The van der Waals surface area contributed by atoms with Crippen molar-refractivity contribution in [2.45, 2.75) is 46.5 Å². The van der Waals surface area contributed by atoms with Gasteiger partial charge in [0.15, 0.2) is 0 Å². The summed E-state index contributed by atoms with van der Waals surface area (Å²) in [5.41, 5.74) is 3.19. The van der Waals surface area contributed by atoms with Gasteiger partial charge < -0.3 is 9.80 Å². The summed E-state index contributed by atoms with van der Waals surface area (Å²) in [5, 5.41) is 0.732. The van der Waals surface area contributed by atoms with Crippen molar-refractivity contribution in [3.05, 3.63) is 117 Å². The highest BCUT2D eigenvalue weighted by atomic mass is 35.5. The van der Waals surface area contributed by atoms with Crippen molar-refractivity contribution in [1.29, 1.82) is 0 Å². The van der Waals surface area contributed by atoms with Gasteiger partial charge in [-0.15, -0.1) is 0 Å². The number of benzene rings is 4. The third-order valence-corrected chi connectivity index (χ3v) is 14.3. The van der Waals surface area contributed by atoms with Gasteiger partial charge in [-0.3, -0.25) is 9.98 Å². The number of nitrogens with zero attached hydrogens (tertiary/aromatic N) is 4. The van der Waals surface area contributed by atoms with Crippen molar-refractivity contribution in [2.75, 3.05) is 26.2 Å². The zero-order valence-corrected chi connectivity index (χ0v) is 31.9.